The quantitative estimate of drug-likeness (QED) is 0.914. The highest BCUT2D eigenvalue weighted by molar-refractivity contribution is 5.82. The van der Waals surface area contributed by atoms with Gasteiger partial charge in [0.1, 0.15) is 11.5 Å². The molecule has 2 rings (SSSR count). The Labute approximate surface area is 121 Å². The number of hydrogen-bond donors (Lipinski definition) is 1. The van der Waals surface area contributed by atoms with Gasteiger partial charge in [0.2, 0.25) is 0 Å². The van der Waals surface area contributed by atoms with Crippen molar-refractivity contribution in [2.24, 2.45) is 17.8 Å². The van der Waals surface area contributed by atoms with E-state index in [1.807, 2.05) is 19.2 Å². The molecule has 2 atom stereocenters. The Morgan fingerprint density at radius 3 is 2.55 bits per heavy atom. The van der Waals surface area contributed by atoms with Crippen molar-refractivity contribution in [3.8, 4) is 5.75 Å². The molecule has 0 aromatic heterocycles. The molecule has 1 aromatic carbocycles. The summed E-state index contributed by atoms with van der Waals surface area (Å²) < 4.78 is 0. The smallest absolute Gasteiger partial charge is 0.137 e. The lowest BCUT2D eigenvalue weighted by Crippen LogP contribution is -2.36. The number of benzene rings is 1. The van der Waals surface area contributed by atoms with Crippen LogP contribution in [0.3, 0.4) is 0 Å². The molecule has 1 fully saturated rings. The first kappa shape index (κ1) is 14.9. The van der Waals surface area contributed by atoms with Gasteiger partial charge < -0.3 is 10.0 Å². The van der Waals surface area contributed by atoms with Gasteiger partial charge >= 0.3 is 0 Å². The Balaban J connectivity index is 2.00. The fourth-order valence-corrected chi connectivity index (χ4v) is 3.07. The van der Waals surface area contributed by atoms with E-state index in [0.717, 1.165) is 31.5 Å². The second-order valence-corrected chi connectivity index (χ2v) is 6.34. The summed E-state index contributed by atoms with van der Waals surface area (Å²) in [4.78, 5) is 14.2. The summed E-state index contributed by atoms with van der Waals surface area (Å²) in [7, 11) is 2.01. The summed E-state index contributed by atoms with van der Waals surface area (Å²) in [5.74, 6) is 2.16. The minimum Gasteiger partial charge on any atom is -0.508 e. The minimum absolute atomic E-state index is 0.148. The van der Waals surface area contributed by atoms with Crippen molar-refractivity contribution in [2.45, 2.75) is 33.1 Å². The second-order valence-electron chi connectivity index (χ2n) is 6.34. The van der Waals surface area contributed by atoms with E-state index in [2.05, 4.69) is 18.7 Å². The largest absolute Gasteiger partial charge is 0.508 e. The van der Waals surface area contributed by atoms with Gasteiger partial charge in [-0.1, -0.05) is 13.8 Å². The molecular formula is C17H25NO2. The molecule has 3 heteroatoms. The summed E-state index contributed by atoms with van der Waals surface area (Å²) in [5.41, 5.74) is 1.04. The average Bonchev–Trinajstić information content (AvgIpc) is 2.41. The Hall–Kier alpha value is -1.51. The number of ketones is 1. The van der Waals surface area contributed by atoms with Crippen molar-refractivity contribution >= 4 is 11.5 Å². The zero-order valence-corrected chi connectivity index (χ0v) is 12.7. The lowest BCUT2D eigenvalue weighted by atomic mass is 9.75. The molecule has 0 amide bonds. The molecule has 1 N–H and O–H groups in total. The van der Waals surface area contributed by atoms with Crippen molar-refractivity contribution < 1.29 is 9.90 Å². The second kappa shape index (κ2) is 6.29. The molecule has 20 heavy (non-hydrogen) atoms. The van der Waals surface area contributed by atoms with E-state index < -0.39 is 0 Å². The molecular weight excluding hydrogens is 250 g/mol. The van der Waals surface area contributed by atoms with Crippen LogP contribution in [0.5, 0.6) is 5.75 Å². The molecule has 1 aliphatic carbocycles. The van der Waals surface area contributed by atoms with Crippen molar-refractivity contribution in [3.05, 3.63) is 24.3 Å². The van der Waals surface area contributed by atoms with Gasteiger partial charge in [0, 0.05) is 31.6 Å². The molecule has 0 aliphatic heterocycles. The third kappa shape index (κ3) is 3.53. The van der Waals surface area contributed by atoms with E-state index in [-0.39, 0.29) is 11.7 Å². The van der Waals surface area contributed by atoms with Crippen LogP contribution in [0.4, 0.5) is 5.69 Å². The first-order valence-corrected chi connectivity index (χ1v) is 7.50. The van der Waals surface area contributed by atoms with Gasteiger partial charge in [0.05, 0.1) is 0 Å². The topological polar surface area (TPSA) is 40.5 Å². The van der Waals surface area contributed by atoms with Crippen molar-refractivity contribution in [1.82, 2.24) is 0 Å². The zero-order valence-electron chi connectivity index (χ0n) is 12.7. The first-order chi connectivity index (χ1) is 9.47. The molecule has 0 radical (unpaired) electrons. The number of carbonyl (C=O) groups is 1. The summed E-state index contributed by atoms with van der Waals surface area (Å²) in [5, 5.41) is 9.33. The van der Waals surface area contributed by atoms with Gasteiger partial charge in [-0.05, 0) is 48.9 Å². The van der Waals surface area contributed by atoms with Gasteiger partial charge in [-0.25, -0.2) is 0 Å². The highest BCUT2D eigenvalue weighted by atomic mass is 16.3. The van der Waals surface area contributed by atoms with E-state index in [0.29, 0.717) is 17.6 Å². The average molecular weight is 275 g/mol. The van der Waals surface area contributed by atoms with Crippen LogP contribution in [0, 0.1) is 17.8 Å². The maximum absolute atomic E-state index is 12.1. The normalized spacial score (nSPS) is 23.1. The number of rotatable bonds is 4. The third-order valence-corrected chi connectivity index (χ3v) is 4.53. The van der Waals surface area contributed by atoms with Crippen LogP contribution in [0.1, 0.15) is 33.1 Å². The standard InChI is InChI=1S/C17H25NO2/c1-12(2)13-4-9-17(20)14(10-13)11-18(3)15-5-7-16(19)8-6-15/h5-8,12-14,19H,4,9-11H2,1-3H3. The molecule has 1 aliphatic rings. The molecule has 1 aromatic rings. The molecule has 2 unspecified atom stereocenters. The SMILES string of the molecule is CC(C)C1CCC(=O)C(CN(C)c2ccc(O)cc2)C1. The monoisotopic (exact) mass is 275 g/mol. The van der Waals surface area contributed by atoms with Crippen LogP contribution in [0.2, 0.25) is 0 Å². The Bertz CT molecular complexity index is 453. The minimum atomic E-state index is 0.148. The van der Waals surface area contributed by atoms with Crippen molar-refractivity contribution in [3.63, 3.8) is 0 Å². The summed E-state index contributed by atoms with van der Waals surface area (Å²) in [6.07, 6.45) is 2.80. The molecule has 110 valence electrons. The molecule has 1 saturated carbocycles. The summed E-state index contributed by atoms with van der Waals surface area (Å²) >= 11 is 0. The van der Waals surface area contributed by atoms with Crippen LogP contribution >= 0.6 is 0 Å². The number of hydrogen-bond acceptors (Lipinski definition) is 3. The van der Waals surface area contributed by atoms with Gasteiger partial charge in [-0.2, -0.15) is 0 Å². The fraction of sp³-hybridized carbons (Fsp3) is 0.588. The molecule has 0 spiro atoms. The molecule has 0 saturated heterocycles. The maximum Gasteiger partial charge on any atom is 0.137 e. The maximum atomic E-state index is 12.1. The lowest BCUT2D eigenvalue weighted by molar-refractivity contribution is -0.125. The Morgan fingerprint density at radius 2 is 1.95 bits per heavy atom. The zero-order chi connectivity index (χ0) is 14.7. The van der Waals surface area contributed by atoms with Gasteiger partial charge in [0.25, 0.3) is 0 Å². The van der Waals surface area contributed by atoms with Crippen LogP contribution in [-0.4, -0.2) is 24.5 Å². The first-order valence-electron chi connectivity index (χ1n) is 7.50. The van der Waals surface area contributed by atoms with Crippen molar-refractivity contribution in [2.75, 3.05) is 18.5 Å². The van der Waals surface area contributed by atoms with E-state index in [1.165, 1.54) is 0 Å². The third-order valence-electron chi connectivity index (χ3n) is 4.53. The predicted molar refractivity (Wildman–Crippen MR) is 82.1 cm³/mol. The van der Waals surface area contributed by atoms with Gasteiger partial charge in [0.15, 0.2) is 0 Å². The Morgan fingerprint density at radius 1 is 1.30 bits per heavy atom. The number of nitrogens with zero attached hydrogens (tertiary/aromatic N) is 1. The highest BCUT2D eigenvalue weighted by Gasteiger charge is 2.30. The molecule has 0 bridgehead atoms. The van der Waals surface area contributed by atoms with Crippen LogP contribution < -0.4 is 4.90 Å². The van der Waals surface area contributed by atoms with Gasteiger partial charge in [-0.3, -0.25) is 4.79 Å². The van der Waals surface area contributed by atoms with Crippen LogP contribution in [-0.2, 0) is 4.79 Å². The van der Waals surface area contributed by atoms with Crippen LogP contribution in [0.15, 0.2) is 24.3 Å². The number of anilines is 1. The predicted octanol–water partition coefficient (Wildman–Crippen LogP) is 3.47. The van der Waals surface area contributed by atoms with Crippen LogP contribution in [0.25, 0.3) is 0 Å². The fourth-order valence-electron chi connectivity index (χ4n) is 3.07. The molecule has 0 heterocycles. The van der Waals surface area contributed by atoms with Crippen molar-refractivity contribution in [1.29, 1.82) is 0 Å². The van der Waals surface area contributed by atoms with E-state index >= 15 is 0 Å². The van der Waals surface area contributed by atoms with Gasteiger partial charge in [-0.15, -0.1) is 0 Å². The summed E-state index contributed by atoms with van der Waals surface area (Å²) in [6.45, 7) is 5.27. The van der Waals surface area contributed by atoms with E-state index in [1.54, 1.807) is 12.1 Å². The number of aromatic hydroxyl groups is 1. The lowest BCUT2D eigenvalue weighted by Gasteiger charge is -2.33. The number of Topliss-reactive ketones (excluding diaryl/α,β-unsaturated/α-hetero) is 1. The Kier molecular flexibility index (Phi) is 4.69. The van der Waals surface area contributed by atoms with E-state index in [4.69, 9.17) is 0 Å². The highest BCUT2D eigenvalue weighted by Crippen LogP contribution is 2.32. The van der Waals surface area contributed by atoms with E-state index in [9.17, 15) is 9.90 Å². The number of carbonyl (C=O) groups excluding carboxylic acids is 1. The number of phenolic OH excluding ortho intramolecular Hbond substituents is 1. The number of phenols is 1. The summed E-state index contributed by atoms with van der Waals surface area (Å²) in [6, 6.07) is 7.15. The molecule has 3 nitrogen and oxygen atoms in total.